The molecule has 0 unspecified atom stereocenters. The third kappa shape index (κ3) is 4.69. The van der Waals surface area contributed by atoms with Gasteiger partial charge in [-0.25, -0.2) is 18.7 Å². The Morgan fingerprint density at radius 1 is 1.35 bits per heavy atom. The number of amides is 1. The van der Waals surface area contributed by atoms with E-state index in [2.05, 4.69) is 35.7 Å². The van der Waals surface area contributed by atoms with Crippen LogP contribution in [0.25, 0.3) is 5.52 Å². The topological polar surface area (TPSA) is 128 Å². The number of carbonyl (C=O) groups excluding carboxylic acids is 1. The summed E-state index contributed by atoms with van der Waals surface area (Å²) in [5.74, 6) is -0.313. The average Bonchev–Trinajstić information content (AvgIpc) is 3.10. The molecule has 2 fully saturated rings. The maximum atomic E-state index is 14.9. The highest BCUT2D eigenvalue weighted by atomic mass is 19.4. The van der Waals surface area contributed by atoms with Crippen LogP contribution >= 0.6 is 0 Å². The highest BCUT2D eigenvalue weighted by molar-refractivity contribution is 5.73. The molecule has 1 aliphatic heterocycles. The monoisotopic (exact) mass is 485 g/mol. The van der Waals surface area contributed by atoms with Gasteiger partial charge in [0.25, 0.3) is 0 Å². The van der Waals surface area contributed by atoms with Crippen LogP contribution < -0.4 is 15.4 Å². The van der Waals surface area contributed by atoms with Crippen LogP contribution in [0, 0.1) is 0 Å². The summed E-state index contributed by atoms with van der Waals surface area (Å²) < 4.78 is 68.0. The van der Waals surface area contributed by atoms with Crippen LogP contribution in [0.4, 0.5) is 34.0 Å². The molecule has 5 rings (SSSR count). The summed E-state index contributed by atoms with van der Waals surface area (Å²) in [6.07, 6.45) is -5.01. The number of halogens is 4. The minimum atomic E-state index is -4.89. The van der Waals surface area contributed by atoms with Crippen LogP contribution in [0.15, 0.2) is 24.5 Å². The van der Waals surface area contributed by atoms with Gasteiger partial charge in [0.15, 0.2) is 23.9 Å². The van der Waals surface area contributed by atoms with E-state index in [0.29, 0.717) is 0 Å². The first kappa shape index (κ1) is 22.2. The lowest BCUT2D eigenvalue weighted by atomic mass is 10.1. The standard InChI is InChI=1S/C19H19F4N7O4/c1-18(2-3-18)26-17(31)33-11-8-32-15(14(11)20)9-6-12(28-27-9)25-16-10-7-13(34-19(21,22)23)29-30(10)5-4-24-16/h4-7,11,14-15H,2-3,8H2,1H3,(H,26,31)(H2,24,25,27,28)/t11-,14+,15-/m1/s1. The van der Waals surface area contributed by atoms with Gasteiger partial charge in [-0.2, -0.15) is 5.10 Å². The van der Waals surface area contributed by atoms with Crippen molar-refractivity contribution >= 4 is 23.2 Å². The molecule has 3 N–H and O–H groups in total. The molecule has 0 bridgehead atoms. The van der Waals surface area contributed by atoms with E-state index in [1.165, 1.54) is 18.5 Å². The Labute approximate surface area is 188 Å². The molecular formula is C19H19F4N7O4. The summed E-state index contributed by atoms with van der Waals surface area (Å²) in [5.41, 5.74) is 0.172. The summed E-state index contributed by atoms with van der Waals surface area (Å²) in [6.45, 7) is 1.74. The molecule has 1 saturated carbocycles. The minimum absolute atomic E-state index is 0.129. The number of nitrogens with zero attached hydrogens (tertiary/aromatic N) is 4. The molecule has 3 aromatic heterocycles. The molecule has 34 heavy (non-hydrogen) atoms. The lowest BCUT2D eigenvalue weighted by Gasteiger charge is -2.17. The van der Waals surface area contributed by atoms with E-state index in [9.17, 15) is 22.4 Å². The van der Waals surface area contributed by atoms with Gasteiger partial charge in [0, 0.05) is 30.1 Å². The van der Waals surface area contributed by atoms with Gasteiger partial charge in [-0.15, -0.1) is 18.3 Å². The maximum Gasteiger partial charge on any atom is 0.574 e. The van der Waals surface area contributed by atoms with Gasteiger partial charge in [-0.3, -0.25) is 5.10 Å². The zero-order valence-corrected chi connectivity index (χ0v) is 17.6. The fourth-order valence-corrected chi connectivity index (χ4v) is 3.50. The number of hydrogen-bond donors (Lipinski definition) is 3. The van der Waals surface area contributed by atoms with Gasteiger partial charge >= 0.3 is 12.5 Å². The van der Waals surface area contributed by atoms with Crippen LogP contribution in [-0.2, 0) is 9.47 Å². The van der Waals surface area contributed by atoms with Crippen molar-refractivity contribution in [2.24, 2.45) is 0 Å². The van der Waals surface area contributed by atoms with Crippen molar-refractivity contribution in [2.45, 2.75) is 50.0 Å². The molecule has 0 aromatic carbocycles. The van der Waals surface area contributed by atoms with Gasteiger partial charge < -0.3 is 24.8 Å². The van der Waals surface area contributed by atoms with Crippen molar-refractivity contribution in [3.63, 3.8) is 0 Å². The Kier molecular flexibility index (Phi) is 5.22. The second-order valence-electron chi connectivity index (χ2n) is 8.30. The summed E-state index contributed by atoms with van der Waals surface area (Å²) in [5, 5.41) is 15.9. The number of aromatic nitrogens is 5. The SMILES string of the molecule is CC1(NC(=O)O[C@@H]2CO[C@H](c3cc(Nc4nccn5nc(OC(F)(F)F)cc45)n[nH]3)[C@H]2F)CC1. The third-order valence-corrected chi connectivity index (χ3v) is 5.49. The Balaban J connectivity index is 1.25. The highest BCUT2D eigenvalue weighted by Crippen LogP contribution is 2.36. The number of hydrogen-bond acceptors (Lipinski definition) is 8. The van der Waals surface area contributed by atoms with Crippen LogP contribution in [-0.4, -0.2) is 61.7 Å². The second-order valence-corrected chi connectivity index (χ2v) is 8.30. The maximum absolute atomic E-state index is 14.9. The van der Waals surface area contributed by atoms with Gasteiger partial charge in [-0.05, 0) is 19.8 Å². The number of aromatic amines is 1. The van der Waals surface area contributed by atoms with Gasteiger partial charge in [0.2, 0.25) is 5.88 Å². The van der Waals surface area contributed by atoms with E-state index >= 15 is 0 Å². The van der Waals surface area contributed by atoms with Gasteiger partial charge in [0.05, 0.1) is 12.3 Å². The summed E-state index contributed by atoms with van der Waals surface area (Å²) in [7, 11) is 0. The largest absolute Gasteiger partial charge is 0.574 e. The summed E-state index contributed by atoms with van der Waals surface area (Å²) in [4.78, 5) is 16.0. The number of ether oxygens (including phenoxy) is 3. The minimum Gasteiger partial charge on any atom is -0.441 e. The number of H-pyrrole nitrogens is 1. The number of carbonyl (C=O) groups is 1. The van der Waals surface area contributed by atoms with Gasteiger partial charge in [0.1, 0.15) is 11.6 Å². The molecule has 3 atom stereocenters. The number of fused-ring (bicyclic) bond motifs is 1. The molecule has 4 heterocycles. The first-order chi connectivity index (χ1) is 16.1. The number of alkyl halides is 4. The fraction of sp³-hybridized carbons (Fsp3) is 0.474. The number of nitrogens with one attached hydrogen (secondary N) is 3. The quantitative estimate of drug-likeness (QED) is 0.455. The van der Waals surface area contributed by atoms with Crippen molar-refractivity contribution in [3.05, 3.63) is 30.2 Å². The Morgan fingerprint density at radius 2 is 2.15 bits per heavy atom. The summed E-state index contributed by atoms with van der Waals surface area (Å²) in [6, 6.07) is 2.52. The van der Waals surface area contributed by atoms with Crippen molar-refractivity contribution in [3.8, 4) is 5.88 Å². The molecule has 1 amide bonds. The second kappa shape index (κ2) is 8.00. The molecule has 11 nitrogen and oxygen atoms in total. The lowest BCUT2D eigenvalue weighted by Crippen LogP contribution is -2.39. The van der Waals surface area contributed by atoms with E-state index in [0.717, 1.165) is 23.4 Å². The first-order valence-corrected chi connectivity index (χ1v) is 10.3. The number of anilines is 2. The zero-order valence-electron chi connectivity index (χ0n) is 17.6. The van der Waals surface area contributed by atoms with E-state index in [4.69, 9.17) is 9.47 Å². The van der Waals surface area contributed by atoms with Crippen LogP contribution in [0.5, 0.6) is 5.88 Å². The lowest BCUT2D eigenvalue weighted by molar-refractivity contribution is -0.276. The Hall–Kier alpha value is -3.62. The molecule has 182 valence electrons. The molecule has 1 saturated heterocycles. The molecule has 0 radical (unpaired) electrons. The molecule has 15 heteroatoms. The van der Waals surface area contributed by atoms with E-state index in [-0.39, 0.29) is 35.0 Å². The average molecular weight is 485 g/mol. The van der Waals surface area contributed by atoms with Gasteiger partial charge in [-0.1, -0.05) is 0 Å². The predicted octanol–water partition coefficient (Wildman–Crippen LogP) is 3.15. The van der Waals surface area contributed by atoms with E-state index in [1.54, 1.807) is 0 Å². The third-order valence-electron chi connectivity index (χ3n) is 5.49. The van der Waals surface area contributed by atoms with E-state index in [1.807, 2.05) is 6.92 Å². The predicted molar refractivity (Wildman–Crippen MR) is 106 cm³/mol. The van der Waals surface area contributed by atoms with Crippen LogP contribution in [0.1, 0.15) is 31.6 Å². The van der Waals surface area contributed by atoms with Crippen molar-refractivity contribution in [1.29, 1.82) is 0 Å². The first-order valence-electron chi connectivity index (χ1n) is 10.3. The van der Waals surface area contributed by atoms with Crippen LogP contribution in [0.3, 0.4) is 0 Å². The highest BCUT2D eigenvalue weighted by Gasteiger charge is 2.44. The fourth-order valence-electron chi connectivity index (χ4n) is 3.50. The number of rotatable bonds is 6. The Morgan fingerprint density at radius 3 is 2.88 bits per heavy atom. The van der Waals surface area contributed by atoms with Crippen LogP contribution in [0.2, 0.25) is 0 Å². The Bertz CT molecular complexity index is 1210. The van der Waals surface area contributed by atoms with E-state index < -0.39 is 36.7 Å². The molecule has 3 aromatic rings. The van der Waals surface area contributed by atoms with Crippen molar-refractivity contribution in [2.75, 3.05) is 11.9 Å². The van der Waals surface area contributed by atoms with Crippen molar-refractivity contribution in [1.82, 2.24) is 30.1 Å². The zero-order chi connectivity index (χ0) is 24.1. The van der Waals surface area contributed by atoms with Crippen molar-refractivity contribution < 1.29 is 36.6 Å². The smallest absolute Gasteiger partial charge is 0.441 e. The molecule has 0 spiro atoms. The molecular weight excluding hydrogens is 466 g/mol. The molecule has 2 aliphatic rings. The normalized spacial score (nSPS) is 23.6. The molecule has 1 aliphatic carbocycles. The number of alkyl carbamates (subject to hydrolysis) is 1. The summed E-state index contributed by atoms with van der Waals surface area (Å²) >= 11 is 0.